The third kappa shape index (κ3) is 3.16. The van der Waals surface area contributed by atoms with Gasteiger partial charge in [-0.25, -0.2) is 14.4 Å². The van der Waals surface area contributed by atoms with E-state index in [0.717, 1.165) is 12.1 Å². The molecular formula is C13H12F2N4O2. The van der Waals surface area contributed by atoms with Crippen molar-refractivity contribution < 1.29 is 13.7 Å². The lowest BCUT2D eigenvalue weighted by Gasteiger charge is -2.07. The van der Waals surface area contributed by atoms with Crippen LogP contribution in [-0.4, -0.2) is 20.9 Å². The molecule has 0 bridgehead atoms. The minimum Gasteiger partial charge on any atom is -0.328 e. The maximum absolute atomic E-state index is 14.1. The van der Waals surface area contributed by atoms with E-state index < -0.39 is 27.8 Å². The standard InChI is InChI=1S/C13H12F2N4O2/c1-7(16)6-8-4-5-17-13(18-8)11-9(14)2-3-10(12(11)15)19(20)21/h2-5,7H,6,16H2,1H3. The van der Waals surface area contributed by atoms with Gasteiger partial charge in [-0.2, -0.15) is 4.39 Å². The zero-order valence-electron chi connectivity index (χ0n) is 11.1. The van der Waals surface area contributed by atoms with Gasteiger partial charge in [-0.1, -0.05) is 0 Å². The molecule has 110 valence electrons. The molecule has 0 saturated carbocycles. The Morgan fingerprint density at radius 3 is 2.71 bits per heavy atom. The van der Waals surface area contributed by atoms with Crippen LogP contribution >= 0.6 is 0 Å². The number of nitrogens with two attached hydrogens (primary N) is 1. The van der Waals surface area contributed by atoms with E-state index in [1.165, 1.54) is 6.20 Å². The van der Waals surface area contributed by atoms with Crippen LogP contribution in [0.2, 0.25) is 0 Å². The van der Waals surface area contributed by atoms with Gasteiger partial charge in [0.1, 0.15) is 5.82 Å². The van der Waals surface area contributed by atoms with Crippen molar-refractivity contribution in [2.75, 3.05) is 0 Å². The van der Waals surface area contributed by atoms with Crippen molar-refractivity contribution in [1.29, 1.82) is 0 Å². The Kier molecular flexibility index (Phi) is 4.18. The molecule has 2 rings (SSSR count). The summed E-state index contributed by atoms with van der Waals surface area (Å²) in [4.78, 5) is 17.6. The predicted molar refractivity (Wildman–Crippen MR) is 71.4 cm³/mol. The van der Waals surface area contributed by atoms with Crippen LogP contribution in [0.15, 0.2) is 24.4 Å². The number of nitro groups is 1. The van der Waals surface area contributed by atoms with Crippen molar-refractivity contribution in [3.05, 3.63) is 51.8 Å². The molecule has 0 aliphatic rings. The first kappa shape index (κ1) is 14.9. The molecule has 1 heterocycles. The van der Waals surface area contributed by atoms with Crippen molar-refractivity contribution in [3.8, 4) is 11.4 Å². The van der Waals surface area contributed by atoms with Gasteiger partial charge in [0.2, 0.25) is 5.82 Å². The van der Waals surface area contributed by atoms with Gasteiger partial charge in [-0.15, -0.1) is 0 Å². The van der Waals surface area contributed by atoms with E-state index in [0.29, 0.717) is 12.1 Å². The monoisotopic (exact) mass is 294 g/mol. The lowest BCUT2D eigenvalue weighted by Crippen LogP contribution is -2.18. The van der Waals surface area contributed by atoms with E-state index in [1.807, 2.05) is 0 Å². The topological polar surface area (TPSA) is 94.9 Å². The highest BCUT2D eigenvalue weighted by molar-refractivity contribution is 5.61. The van der Waals surface area contributed by atoms with E-state index in [9.17, 15) is 18.9 Å². The fourth-order valence-electron chi connectivity index (χ4n) is 1.85. The molecule has 0 aliphatic carbocycles. The number of nitro benzene ring substituents is 1. The second kappa shape index (κ2) is 5.88. The Morgan fingerprint density at radius 1 is 1.38 bits per heavy atom. The summed E-state index contributed by atoms with van der Waals surface area (Å²) in [6, 6.07) is 2.96. The number of nitrogens with zero attached hydrogens (tertiary/aromatic N) is 3. The summed E-state index contributed by atoms with van der Waals surface area (Å²) in [5.74, 6) is -2.50. The molecule has 6 nitrogen and oxygen atoms in total. The van der Waals surface area contributed by atoms with Crippen molar-refractivity contribution in [2.24, 2.45) is 5.73 Å². The van der Waals surface area contributed by atoms with E-state index in [4.69, 9.17) is 5.73 Å². The zero-order chi connectivity index (χ0) is 15.6. The molecule has 0 amide bonds. The van der Waals surface area contributed by atoms with Crippen LogP contribution in [0.3, 0.4) is 0 Å². The van der Waals surface area contributed by atoms with Gasteiger partial charge in [0.25, 0.3) is 0 Å². The zero-order valence-corrected chi connectivity index (χ0v) is 11.1. The third-order valence-corrected chi connectivity index (χ3v) is 2.74. The highest BCUT2D eigenvalue weighted by Crippen LogP contribution is 2.29. The molecule has 0 spiro atoms. The van der Waals surface area contributed by atoms with Crippen LogP contribution in [0, 0.1) is 21.7 Å². The first-order chi connectivity index (χ1) is 9.90. The number of hydrogen-bond donors (Lipinski definition) is 1. The van der Waals surface area contributed by atoms with Crippen LogP contribution in [-0.2, 0) is 6.42 Å². The Balaban J connectivity index is 2.56. The van der Waals surface area contributed by atoms with E-state index in [2.05, 4.69) is 9.97 Å². The summed E-state index contributed by atoms with van der Waals surface area (Å²) in [6.07, 6.45) is 1.73. The molecule has 0 radical (unpaired) electrons. The minimum absolute atomic E-state index is 0.187. The Hall–Kier alpha value is -2.48. The molecule has 0 saturated heterocycles. The summed E-state index contributed by atoms with van der Waals surface area (Å²) < 4.78 is 27.9. The van der Waals surface area contributed by atoms with Crippen molar-refractivity contribution >= 4 is 5.69 Å². The van der Waals surface area contributed by atoms with Gasteiger partial charge < -0.3 is 5.73 Å². The van der Waals surface area contributed by atoms with Crippen molar-refractivity contribution in [2.45, 2.75) is 19.4 Å². The molecule has 21 heavy (non-hydrogen) atoms. The first-order valence-electron chi connectivity index (χ1n) is 6.10. The molecule has 2 aromatic rings. The largest absolute Gasteiger partial charge is 0.328 e. The van der Waals surface area contributed by atoms with Crippen LogP contribution in [0.5, 0.6) is 0 Å². The quantitative estimate of drug-likeness (QED) is 0.689. The van der Waals surface area contributed by atoms with Gasteiger partial charge in [-0.05, 0) is 19.1 Å². The Bertz CT molecular complexity index is 692. The minimum atomic E-state index is -1.29. The number of hydrogen-bond acceptors (Lipinski definition) is 5. The van der Waals surface area contributed by atoms with Gasteiger partial charge in [-0.3, -0.25) is 10.1 Å². The van der Waals surface area contributed by atoms with Crippen LogP contribution in [0.25, 0.3) is 11.4 Å². The Morgan fingerprint density at radius 2 is 2.10 bits per heavy atom. The normalized spacial score (nSPS) is 12.2. The van der Waals surface area contributed by atoms with E-state index in [-0.39, 0.29) is 11.9 Å². The van der Waals surface area contributed by atoms with Crippen molar-refractivity contribution in [1.82, 2.24) is 9.97 Å². The smallest absolute Gasteiger partial charge is 0.305 e. The van der Waals surface area contributed by atoms with Gasteiger partial charge in [0.05, 0.1) is 10.5 Å². The average molecular weight is 294 g/mol. The van der Waals surface area contributed by atoms with Crippen LogP contribution in [0.1, 0.15) is 12.6 Å². The van der Waals surface area contributed by atoms with E-state index in [1.54, 1.807) is 13.0 Å². The molecule has 1 unspecified atom stereocenters. The van der Waals surface area contributed by atoms with Gasteiger partial charge in [0, 0.05) is 30.4 Å². The molecule has 0 aliphatic heterocycles. The average Bonchev–Trinajstić information content (AvgIpc) is 2.38. The molecular weight excluding hydrogens is 282 g/mol. The fraction of sp³-hybridized carbons (Fsp3) is 0.231. The molecule has 1 aromatic carbocycles. The maximum Gasteiger partial charge on any atom is 0.305 e. The number of halogens is 2. The summed E-state index contributed by atoms with van der Waals surface area (Å²) in [5.41, 5.74) is 4.70. The summed E-state index contributed by atoms with van der Waals surface area (Å²) in [6.45, 7) is 1.76. The summed E-state index contributed by atoms with van der Waals surface area (Å²) >= 11 is 0. The second-order valence-corrected chi connectivity index (χ2v) is 4.57. The van der Waals surface area contributed by atoms with Crippen LogP contribution in [0.4, 0.5) is 14.5 Å². The highest BCUT2D eigenvalue weighted by atomic mass is 19.1. The molecule has 0 fully saturated rings. The maximum atomic E-state index is 14.1. The van der Waals surface area contributed by atoms with E-state index >= 15 is 0 Å². The first-order valence-corrected chi connectivity index (χ1v) is 6.10. The number of aromatic nitrogens is 2. The molecule has 2 N–H and O–H groups in total. The van der Waals surface area contributed by atoms with Gasteiger partial charge in [0.15, 0.2) is 5.82 Å². The van der Waals surface area contributed by atoms with Crippen molar-refractivity contribution in [3.63, 3.8) is 0 Å². The fourth-order valence-corrected chi connectivity index (χ4v) is 1.85. The van der Waals surface area contributed by atoms with Crippen LogP contribution < -0.4 is 5.73 Å². The lowest BCUT2D eigenvalue weighted by atomic mass is 10.1. The SMILES string of the molecule is CC(N)Cc1ccnc(-c2c(F)ccc([N+](=O)[O-])c2F)n1. The second-order valence-electron chi connectivity index (χ2n) is 4.57. The number of benzene rings is 1. The molecule has 8 heteroatoms. The summed E-state index contributed by atoms with van der Waals surface area (Å²) in [5, 5.41) is 10.7. The number of rotatable bonds is 4. The lowest BCUT2D eigenvalue weighted by molar-refractivity contribution is -0.387. The summed E-state index contributed by atoms with van der Waals surface area (Å²) in [7, 11) is 0. The Labute approximate surface area is 118 Å². The third-order valence-electron chi connectivity index (χ3n) is 2.74. The molecule has 1 atom stereocenters. The predicted octanol–water partition coefficient (Wildman–Crippen LogP) is 2.22. The van der Waals surface area contributed by atoms with Gasteiger partial charge >= 0.3 is 5.69 Å². The molecule has 1 aromatic heterocycles. The highest BCUT2D eigenvalue weighted by Gasteiger charge is 2.24.